The molecule has 5 N–H and O–H groups in total. The Hall–Kier alpha value is -1.12. The third kappa shape index (κ3) is 17.3. The summed E-state index contributed by atoms with van der Waals surface area (Å²) < 4.78 is 46.4. The van der Waals surface area contributed by atoms with Gasteiger partial charge in [-0.2, -0.15) is 8.42 Å². The van der Waals surface area contributed by atoms with Crippen molar-refractivity contribution < 1.29 is 52.4 Å². The number of hydrogen-bond acceptors (Lipinski definition) is 10. The molecule has 1 rings (SSSR count). The predicted octanol–water partition coefficient (Wildman–Crippen LogP) is 2.64. The summed E-state index contributed by atoms with van der Waals surface area (Å²) >= 11 is 0. The Morgan fingerprint density at radius 3 is 2.00 bits per heavy atom. The van der Waals surface area contributed by atoms with Gasteiger partial charge in [0, 0.05) is 6.42 Å². The van der Waals surface area contributed by atoms with Crippen molar-refractivity contribution in [1.29, 1.82) is 0 Å². The van der Waals surface area contributed by atoms with E-state index in [4.69, 9.17) is 18.8 Å². The minimum Gasteiger partial charge on any atom is -0.463 e. The lowest BCUT2D eigenvalue weighted by Gasteiger charge is -2.40. The van der Waals surface area contributed by atoms with Crippen LogP contribution in [0.5, 0.6) is 0 Å². The molecule has 1 fully saturated rings. The summed E-state index contributed by atoms with van der Waals surface area (Å²) in [4.78, 5) is 11.9. The van der Waals surface area contributed by atoms with Gasteiger partial charge in [0.1, 0.15) is 42.9 Å². The van der Waals surface area contributed by atoms with E-state index in [1.165, 1.54) is 38.5 Å². The van der Waals surface area contributed by atoms with Gasteiger partial charge >= 0.3 is 5.97 Å². The van der Waals surface area contributed by atoms with Crippen molar-refractivity contribution in [2.24, 2.45) is 0 Å². The Labute approximate surface area is 233 Å². The van der Waals surface area contributed by atoms with Crippen LogP contribution in [0, 0.1) is 0 Å². The molecule has 230 valence electrons. The third-order valence-electron chi connectivity index (χ3n) is 6.58. The van der Waals surface area contributed by atoms with E-state index >= 15 is 0 Å². The topological polar surface area (TPSA) is 180 Å². The van der Waals surface area contributed by atoms with Gasteiger partial charge < -0.3 is 34.6 Å². The second kappa shape index (κ2) is 20.7. The zero-order valence-electron chi connectivity index (χ0n) is 23.2. The zero-order chi connectivity index (χ0) is 29.1. The van der Waals surface area contributed by atoms with E-state index in [-0.39, 0.29) is 13.0 Å². The van der Waals surface area contributed by atoms with Crippen molar-refractivity contribution in [3.63, 3.8) is 0 Å². The van der Waals surface area contributed by atoms with Crippen molar-refractivity contribution >= 4 is 16.1 Å². The molecule has 1 saturated heterocycles. The van der Waals surface area contributed by atoms with Gasteiger partial charge in [0.25, 0.3) is 10.1 Å². The number of allylic oxidation sites excluding steroid dienone is 2. The molecule has 39 heavy (non-hydrogen) atoms. The van der Waals surface area contributed by atoms with Gasteiger partial charge in [-0.25, -0.2) is 0 Å². The van der Waals surface area contributed by atoms with Gasteiger partial charge in [-0.3, -0.25) is 9.35 Å². The largest absolute Gasteiger partial charge is 0.463 e. The molecule has 0 saturated carbocycles. The minimum absolute atomic E-state index is 0.234. The lowest BCUT2D eigenvalue weighted by molar-refractivity contribution is -0.296. The predicted molar refractivity (Wildman–Crippen MR) is 145 cm³/mol. The van der Waals surface area contributed by atoms with Crippen LogP contribution in [-0.4, -0.2) is 95.1 Å². The van der Waals surface area contributed by atoms with Crippen molar-refractivity contribution in [1.82, 2.24) is 0 Å². The van der Waals surface area contributed by atoms with E-state index < -0.39 is 65.3 Å². The average Bonchev–Trinajstić information content (AvgIpc) is 2.88. The summed E-state index contributed by atoms with van der Waals surface area (Å²) in [6.07, 6.45) is 10.1. The summed E-state index contributed by atoms with van der Waals surface area (Å²) in [5.41, 5.74) is 0. The van der Waals surface area contributed by atoms with Crippen LogP contribution in [0.1, 0.15) is 96.8 Å². The molecule has 1 unspecified atom stereocenters. The SMILES string of the molecule is CCCCCCCCC=CCCCCCCCC(=O)OCC(O)CO[C@H]1O[C@H](CS(=O)(=O)O)[C@@H](O)[C@H](O)[C@H]1O. The van der Waals surface area contributed by atoms with Gasteiger partial charge in [-0.1, -0.05) is 70.4 Å². The highest BCUT2D eigenvalue weighted by molar-refractivity contribution is 7.85. The van der Waals surface area contributed by atoms with Crippen molar-refractivity contribution in [2.45, 2.75) is 134 Å². The maximum Gasteiger partial charge on any atom is 0.305 e. The molecule has 0 aromatic carbocycles. The van der Waals surface area contributed by atoms with Crippen LogP contribution in [0.4, 0.5) is 0 Å². The number of rotatable bonds is 22. The quantitative estimate of drug-likeness (QED) is 0.0548. The van der Waals surface area contributed by atoms with E-state index in [1.54, 1.807) is 0 Å². The Morgan fingerprint density at radius 1 is 0.846 bits per heavy atom. The van der Waals surface area contributed by atoms with Gasteiger partial charge in [0.15, 0.2) is 6.29 Å². The Balaban J connectivity index is 2.08. The van der Waals surface area contributed by atoms with E-state index in [2.05, 4.69) is 19.1 Å². The molecule has 0 spiro atoms. The van der Waals surface area contributed by atoms with Crippen LogP contribution in [-0.2, 0) is 29.1 Å². The van der Waals surface area contributed by atoms with E-state index in [9.17, 15) is 33.6 Å². The van der Waals surface area contributed by atoms with Crippen molar-refractivity contribution in [3.05, 3.63) is 12.2 Å². The lowest BCUT2D eigenvalue weighted by Crippen LogP contribution is -2.60. The van der Waals surface area contributed by atoms with E-state index in [0.29, 0.717) is 6.42 Å². The normalized spacial score (nSPS) is 24.7. The maximum absolute atomic E-state index is 11.9. The van der Waals surface area contributed by atoms with Crippen LogP contribution >= 0.6 is 0 Å². The fourth-order valence-electron chi connectivity index (χ4n) is 4.25. The van der Waals surface area contributed by atoms with Crippen LogP contribution in [0.15, 0.2) is 12.2 Å². The van der Waals surface area contributed by atoms with Crippen molar-refractivity contribution in [3.8, 4) is 0 Å². The summed E-state index contributed by atoms with van der Waals surface area (Å²) in [5.74, 6) is -1.47. The molecule has 12 heteroatoms. The van der Waals surface area contributed by atoms with Gasteiger partial charge in [0.05, 0.1) is 6.61 Å². The number of carbonyl (C=O) groups excluding carboxylic acids is 1. The molecular formula is C27H50O11S. The molecular weight excluding hydrogens is 532 g/mol. The second-order valence-electron chi connectivity index (χ2n) is 10.3. The summed E-state index contributed by atoms with van der Waals surface area (Å²) in [5, 5.41) is 39.7. The molecule has 6 atom stereocenters. The molecule has 1 aliphatic rings. The monoisotopic (exact) mass is 582 g/mol. The number of hydrogen-bond donors (Lipinski definition) is 5. The van der Waals surface area contributed by atoms with E-state index in [0.717, 1.165) is 38.5 Å². The van der Waals surface area contributed by atoms with Gasteiger partial charge in [0.2, 0.25) is 0 Å². The second-order valence-corrected chi connectivity index (χ2v) is 11.8. The molecule has 0 bridgehead atoms. The number of unbranched alkanes of at least 4 members (excludes halogenated alkanes) is 11. The molecule has 0 radical (unpaired) electrons. The van der Waals surface area contributed by atoms with Crippen LogP contribution < -0.4 is 0 Å². The molecule has 0 amide bonds. The molecule has 1 heterocycles. The fourth-order valence-corrected chi connectivity index (χ4v) is 4.95. The first-order valence-corrected chi connectivity index (χ1v) is 15.9. The van der Waals surface area contributed by atoms with Gasteiger partial charge in [-0.05, 0) is 32.1 Å². The summed E-state index contributed by atoms with van der Waals surface area (Å²) in [6, 6.07) is 0. The Morgan fingerprint density at radius 2 is 1.41 bits per heavy atom. The highest BCUT2D eigenvalue weighted by atomic mass is 32.2. The Bertz CT molecular complexity index is 774. The average molecular weight is 583 g/mol. The molecule has 0 aromatic heterocycles. The molecule has 11 nitrogen and oxygen atoms in total. The number of esters is 1. The molecule has 1 aliphatic heterocycles. The summed E-state index contributed by atoms with van der Waals surface area (Å²) in [6.45, 7) is 1.42. The van der Waals surface area contributed by atoms with Crippen molar-refractivity contribution in [2.75, 3.05) is 19.0 Å². The highest BCUT2D eigenvalue weighted by Gasteiger charge is 2.45. The number of aliphatic hydroxyl groups excluding tert-OH is 4. The number of ether oxygens (including phenoxy) is 3. The first kappa shape index (κ1) is 35.9. The Kier molecular flexibility index (Phi) is 19.1. The highest BCUT2D eigenvalue weighted by Crippen LogP contribution is 2.23. The smallest absolute Gasteiger partial charge is 0.305 e. The number of carbonyl (C=O) groups is 1. The van der Waals surface area contributed by atoms with E-state index in [1.807, 2.05) is 0 Å². The first-order valence-electron chi connectivity index (χ1n) is 14.3. The standard InChI is InChI=1S/C27H50O11S/c1-2-3-4-5-6-7-8-9-10-11-12-13-14-15-16-17-23(29)36-18-21(28)19-37-27-26(32)25(31)24(30)22(38-27)20-39(33,34)35/h9-10,21-22,24-28,30-32H,2-8,11-20H2,1H3,(H,33,34,35)/t21?,22-,24-,25+,26-,27+/m1/s1. The summed E-state index contributed by atoms with van der Waals surface area (Å²) in [7, 11) is -4.54. The van der Waals surface area contributed by atoms with Gasteiger partial charge in [-0.15, -0.1) is 0 Å². The molecule has 0 aromatic rings. The minimum atomic E-state index is -4.54. The van der Waals surface area contributed by atoms with Crippen LogP contribution in [0.25, 0.3) is 0 Å². The third-order valence-corrected chi connectivity index (χ3v) is 7.33. The first-order chi connectivity index (χ1) is 18.5. The van der Waals surface area contributed by atoms with Crippen LogP contribution in [0.3, 0.4) is 0 Å². The lowest BCUT2D eigenvalue weighted by atomic mass is 10.00. The maximum atomic E-state index is 11.9. The fraction of sp³-hybridized carbons (Fsp3) is 0.889. The zero-order valence-corrected chi connectivity index (χ0v) is 24.0. The molecule has 0 aliphatic carbocycles. The van der Waals surface area contributed by atoms with Crippen LogP contribution in [0.2, 0.25) is 0 Å². The number of aliphatic hydroxyl groups is 4.